The number of halogens is 1. The molecular formula is C16H14ClN3O. The summed E-state index contributed by atoms with van der Waals surface area (Å²) in [6.45, 7) is 3.76. The third-order valence-electron chi connectivity index (χ3n) is 3.47. The van der Waals surface area contributed by atoms with Crippen molar-refractivity contribution in [3.63, 3.8) is 0 Å². The number of hydrogen-bond donors (Lipinski definition) is 1. The molecule has 5 heteroatoms. The van der Waals surface area contributed by atoms with Gasteiger partial charge in [0.25, 0.3) is 0 Å². The normalized spacial score (nSPS) is 11.0. The number of aromatic amines is 1. The zero-order valence-corrected chi connectivity index (χ0v) is 12.5. The first-order valence-electron chi connectivity index (χ1n) is 6.48. The van der Waals surface area contributed by atoms with Crippen molar-refractivity contribution >= 4 is 45.4 Å². The number of benzene rings is 1. The summed E-state index contributed by atoms with van der Waals surface area (Å²) in [7, 11) is 3.80. The highest BCUT2D eigenvalue weighted by Crippen LogP contribution is 2.26. The van der Waals surface area contributed by atoms with E-state index in [9.17, 15) is 4.79 Å². The number of fused-ring (bicyclic) bond motifs is 2. The molecule has 3 rings (SSSR count). The van der Waals surface area contributed by atoms with Gasteiger partial charge in [0, 0.05) is 30.1 Å². The van der Waals surface area contributed by atoms with Gasteiger partial charge in [0.15, 0.2) is 5.43 Å². The smallest absolute Gasteiger partial charge is 0.198 e. The zero-order valence-electron chi connectivity index (χ0n) is 11.8. The van der Waals surface area contributed by atoms with Crippen LogP contribution in [0.3, 0.4) is 0 Å². The van der Waals surface area contributed by atoms with E-state index in [0.29, 0.717) is 32.5 Å². The van der Waals surface area contributed by atoms with Crippen LogP contribution in [-0.4, -0.2) is 24.1 Å². The van der Waals surface area contributed by atoms with Crippen molar-refractivity contribution in [1.82, 2.24) is 9.97 Å². The van der Waals surface area contributed by atoms with Gasteiger partial charge in [-0.05, 0) is 24.3 Å². The van der Waals surface area contributed by atoms with Crippen molar-refractivity contribution in [1.29, 1.82) is 0 Å². The lowest BCUT2D eigenvalue weighted by molar-refractivity contribution is 1.08. The second kappa shape index (κ2) is 4.90. The first-order valence-corrected chi connectivity index (χ1v) is 6.85. The van der Waals surface area contributed by atoms with Crippen molar-refractivity contribution in [2.45, 2.75) is 0 Å². The van der Waals surface area contributed by atoms with Crippen LogP contribution in [0.1, 0.15) is 5.56 Å². The number of nitrogens with zero attached hydrogens (tertiary/aromatic N) is 2. The van der Waals surface area contributed by atoms with Crippen molar-refractivity contribution < 1.29 is 0 Å². The van der Waals surface area contributed by atoms with E-state index in [1.165, 1.54) is 0 Å². The van der Waals surface area contributed by atoms with Crippen LogP contribution >= 0.6 is 11.6 Å². The van der Waals surface area contributed by atoms with Gasteiger partial charge in [-0.25, -0.2) is 4.98 Å². The molecule has 0 radical (unpaired) electrons. The van der Waals surface area contributed by atoms with Crippen LogP contribution in [-0.2, 0) is 0 Å². The van der Waals surface area contributed by atoms with E-state index in [4.69, 9.17) is 11.6 Å². The Labute approximate surface area is 126 Å². The van der Waals surface area contributed by atoms with Gasteiger partial charge in [0.1, 0.15) is 11.5 Å². The molecule has 21 heavy (non-hydrogen) atoms. The van der Waals surface area contributed by atoms with Gasteiger partial charge in [-0.15, -0.1) is 0 Å². The predicted octanol–water partition coefficient (Wildman–Crippen LogP) is 3.44. The van der Waals surface area contributed by atoms with Crippen LogP contribution in [0, 0.1) is 0 Å². The predicted molar refractivity (Wildman–Crippen MR) is 89.3 cm³/mol. The van der Waals surface area contributed by atoms with Gasteiger partial charge in [-0.1, -0.05) is 24.3 Å². The second-order valence-corrected chi connectivity index (χ2v) is 5.41. The minimum atomic E-state index is -0.0590. The molecule has 2 aromatic heterocycles. The summed E-state index contributed by atoms with van der Waals surface area (Å²) < 4.78 is 0. The average Bonchev–Trinajstić information content (AvgIpc) is 2.46. The maximum Gasteiger partial charge on any atom is 0.198 e. The quantitative estimate of drug-likeness (QED) is 0.737. The minimum absolute atomic E-state index is 0.0590. The van der Waals surface area contributed by atoms with E-state index in [1.807, 2.05) is 25.1 Å². The van der Waals surface area contributed by atoms with E-state index in [1.54, 1.807) is 24.3 Å². The van der Waals surface area contributed by atoms with Crippen molar-refractivity contribution in [2.75, 3.05) is 19.0 Å². The fourth-order valence-corrected chi connectivity index (χ4v) is 2.59. The maximum atomic E-state index is 12.6. The van der Waals surface area contributed by atoms with Gasteiger partial charge in [0.05, 0.1) is 10.9 Å². The summed E-state index contributed by atoms with van der Waals surface area (Å²) in [4.78, 5) is 22.2. The Hall–Kier alpha value is -2.33. The molecule has 0 bridgehead atoms. The molecule has 0 amide bonds. The van der Waals surface area contributed by atoms with Gasteiger partial charge < -0.3 is 9.88 Å². The minimum Gasteiger partial charge on any atom is -0.363 e. The molecule has 0 fully saturated rings. The number of hydrogen-bond acceptors (Lipinski definition) is 3. The second-order valence-electron chi connectivity index (χ2n) is 5.00. The third kappa shape index (κ3) is 2.08. The van der Waals surface area contributed by atoms with E-state index in [-0.39, 0.29) is 5.43 Å². The van der Waals surface area contributed by atoms with Gasteiger partial charge in [-0.2, -0.15) is 0 Å². The fraction of sp³-hybridized carbons (Fsp3) is 0.125. The standard InChI is InChI=1S/C16H14ClN3O/c1-4-9-12(17)7-5-10-14(9)19-16-11(15(10)21)6-8-13(18-16)20(2)3/h4-8H,1H2,2-3H3,(H,18,19,21). The Morgan fingerprint density at radius 3 is 2.62 bits per heavy atom. The Morgan fingerprint density at radius 2 is 1.95 bits per heavy atom. The number of aromatic nitrogens is 2. The van der Waals surface area contributed by atoms with Gasteiger partial charge in [0.2, 0.25) is 0 Å². The molecule has 1 N–H and O–H groups in total. The zero-order chi connectivity index (χ0) is 15.1. The van der Waals surface area contributed by atoms with Crippen LogP contribution in [0.15, 0.2) is 35.6 Å². The summed E-state index contributed by atoms with van der Waals surface area (Å²) in [5.74, 6) is 0.777. The van der Waals surface area contributed by atoms with E-state index in [0.717, 1.165) is 5.82 Å². The third-order valence-corrected chi connectivity index (χ3v) is 3.80. The lowest BCUT2D eigenvalue weighted by atomic mass is 10.1. The average molecular weight is 300 g/mol. The van der Waals surface area contributed by atoms with Crippen molar-refractivity contribution in [3.05, 3.63) is 51.7 Å². The number of nitrogens with one attached hydrogen (secondary N) is 1. The molecule has 0 aliphatic heterocycles. The molecular weight excluding hydrogens is 286 g/mol. The molecule has 2 heterocycles. The largest absolute Gasteiger partial charge is 0.363 e. The Kier molecular flexibility index (Phi) is 3.18. The molecule has 0 aliphatic carbocycles. The molecule has 0 unspecified atom stereocenters. The van der Waals surface area contributed by atoms with Gasteiger partial charge >= 0.3 is 0 Å². The van der Waals surface area contributed by atoms with E-state index >= 15 is 0 Å². The molecule has 106 valence electrons. The van der Waals surface area contributed by atoms with E-state index < -0.39 is 0 Å². The van der Waals surface area contributed by atoms with Crippen LogP contribution in [0.2, 0.25) is 5.02 Å². The lowest BCUT2D eigenvalue weighted by Gasteiger charge is -2.12. The molecule has 0 atom stereocenters. The molecule has 0 spiro atoms. The number of H-pyrrole nitrogens is 1. The topological polar surface area (TPSA) is 49.0 Å². The molecule has 0 saturated heterocycles. The summed E-state index contributed by atoms with van der Waals surface area (Å²) in [5.41, 5.74) is 1.86. The van der Waals surface area contributed by atoms with Crippen molar-refractivity contribution in [2.24, 2.45) is 0 Å². The molecule has 3 aromatic rings. The number of anilines is 1. The summed E-state index contributed by atoms with van der Waals surface area (Å²) in [6.07, 6.45) is 1.64. The highest BCUT2D eigenvalue weighted by atomic mass is 35.5. The lowest BCUT2D eigenvalue weighted by Crippen LogP contribution is -2.12. The monoisotopic (exact) mass is 299 g/mol. The number of rotatable bonds is 2. The highest BCUT2D eigenvalue weighted by molar-refractivity contribution is 6.33. The summed E-state index contributed by atoms with van der Waals surface area (Å²) in [6, 6.07) is 7.05. The molecule has 0 aliphatic rings. The first kappa shape index (κ1) is 13.6. The number of pyridine rings is 2. The maximum absolute atomic E-state index is 12.6. The van der Waals surface area contributed by atoms with Crippen LogP contribution in [0.4, 0.5) is 5.82 Å². The Morgan fingerprint density at radius 1 is 1.24 bits per heavy atom. The molecule has 1 aromatic carbocycles. The highest BCUT2D eigenvalue weighted by Gasteiger charge is 2.11. The fourth-order valence-electron chi connectivity index (χ4n) is 2.36. The van der Waals surface area contributed by atoms with Gasteiger partial charge in [-0.3, -0.25) is 4.79 Å². The van der Waals surface area contributed by atoms with Crippen molar-refractivity contribution in [3.8, 4) is 0 Å². The molecule has 0 saturated carbocycles. The summed E-state index contributed by atoms with van der Waals surface area (Å²) >= 11 is 6.17. The summed E-state index contributed by atoms with van der Waals surface area (Å²) in [5, 5.41) is 1.70. The van der Waals surface area contributed by atoms with E-state index in [2.05, 4.69) is 16.5 Å². The van der Waals surface area contributed by atoms with Crippen LogP contribution < -0.4 is 10.3 Å². The molecule has 4 nitrogen and oxygen atoms in total. The van der Waals surface area contributed by atoms with Crippen LogP contribution in [0.25, 0.3) is 28.0 Å². The first-order chi connectivity index (χ1) is 10.0. The Balaban J connectivity index is 2.50. The SMILES string of the molecule is C=Cc1c(Cl)ccc2c(=O)c3ccc(N(C)C)nc3[nH]c12. The Bertz CT molecular complexity index is 928. The van der Waals surface area contributed by atoms with Crippen LogP contribution in [0.5, 0.6) is 0 Å².